The molecule has 0 aliphatic rings. The maximum Gasteiger partial charge on any atom is 0.235 e. The van der Waals surface area contributed by atoms with Gasteiger partial charge in [-0.25, -0.2) is 0 Å². The van der Waals surface area contributed by atoms with E-state index in [2.05, 4.69) is 12.1 Å². The van der Waals surface area contributed by atoms with E-state index in [0.717, 1.165) is 5.56 Å². The zero-order valence-corrected chi connectivity index (χ0v) is 11.7. The molecule has 0 aliphatic heterocycles. The van der Waals surface area contributed by atoms with E-state index in [-0.39, 0.29) is 11.9 Å². The SMILES string of the molecule is CN(Cc1ccccc1)[C@@H](Cc1ccccc1)C(N)=O. The highest BCUT2D eigenvalue weighted by Crippen LogP contribution is 2.11. The molecule has 0 bridgehead atoms. The van der Waals surface area contributed by atoms with Crippen LogP contribution in [0.1, 0.15) is 11.1 Å². The van der Waals surface area contributed by atoms with Gasteiger partial charge in [0.25, 0.3) is 0 Å². The molecule has 0 aromatic heterocycles. The van der Waals surface area contributed by atoms with Crippen LogP contribution in [0.5, 0.6) is 0 Å². The molecule has 1 atom stereocenters. The molecule has 0 unspecified atom stereocenters. The minimum atomic E-state index is -0.294. The van der Waals surface area contributed by atoms with E-state index in [1.54, 1.807) is 0 Å². The number of hydrogen-bond acceptors (Lipinski definition) is 2. The molecule has 104 valence electrons. The van der Waals surface area contributed by atoms with Crippen LogP contribution >= 0.6 is 0 Å². The number of rotatable bonds is 6. The Morgan fingerprint density at radius 1 is 1.00 bits per heavy atom. The summed E-state index contributed by atoms with van der Waals surface area (Å²) in [4.78, 5) is 13.7. The molecule has 2 N–H and O–H groups in total. The third kappa shape index (κ3) is 3.93. The molecule has 0 spiro atoms. The van der Waals surface area contributed by atoms with E-state index >= 15 is 0 Å². The first-order valence-corrected chi connectivity index (χ1v) is 6.74. The maximum absolute atomic E-state index is 11.7. The van der Waals surface area contributed by atoms with Crippen LogP contribution in [0.2, 0.25) is 0 Å². The first kappa shape index (κ1) is 14.3. The molecule has 2 aromatic rings. The first-order chi connectivity index (χ1) is 9.66. The van der Waals surface area contributed by atoms with E-state index < -0.39 is 0 Å². The molecule has 0 saturated carbocycles. The second-order valence-electron chi connectivity index (χ2n) is 5.01. The summed E-state index contributed by atoms with van der Waals surface area (Å²) in [5.74, 6) is -0.285. The highest BCUT2D eigenvalue weighted by atomic mass is 16.1. The van der Waals surface area contributed by atoms with Gasteiger partial charge < -0.3 is 5.73 Å². The lowest BCUT2D eigenvalue weighted by molar-refractivity contribution is -0.122. The van der Waals surface area contributed by atoms with Gasteiger partial charge in [0.2, 0.25) is 5.91 Å². The largest absolute Gasteiger partial charge is 0.368 e. The predicted octanol–water partition coefficient (Wildman–Crippen LogP) is 2.21. The fourth-order valence-electron chi connectivity index (χ4n) is 2.29. The second-order valence-corrected chi connectivity index (χ2v) is 5.01. The van der Waals surface area contributed by atoms with Gasteiger partial charge in [0.15, 0.2) is 0 Å². The first-order valence-electron chi connectivity index (χ1n) is 6.74. The van der Waals surface area contributed by atoms with Crippen LogP contribution in [-0.4, -0.2) is 23.9 Å². The third-order valence-corrected chi connectivity index (χ3v) is 3.41. The summed E-state index contributed by atoms with van der Waals surface area (Å²) < 4.78 is 0. The molecule has 0 heterocycles. The molecule has 0 saturated heterocycles. The number of likely N-dealkylation sites (N-methyl/N-ethyl adjacent to an activating group) is 1. The predicted molar refractivity (Wildman–Crippen MR) is 81.0 cm³/mol. The van der Waals surface area contributed by atoms with Crippen LogP contribution < -0.4 is 5.73 Å². The smallest absolute Gasteiger partial charge is 0.235 e. The van der Waals surface area contributed by atoms with Crippen LogP contribution in [0.15, 0.2) is 60.7 Å². The van der Waals surface area contributed by atoms with E-state index in [1.165, 1.54) is 5.56 Å². The number of amides is 1. The average molecular weight is 268 g/mol. The number of primary amides is 1. The molecule has 3 nitrogen and oxygen atoms in total. The van der Waals surface area contributed by atoms with Gasteiger partial charge in [0.1, 0.15) is 0 Å². The standard InChI is InChI=1S/C17H20N2O/c1-19(13-15-10-6-3-7-11-15)16(17(18)20)12-14-8-4-2-5-9-14/h2-11,16H,12-13H2,1H3,(H2,18,20)/t16-/m0/s1. The summed E-state index contributed by atoms with van der Waals surface area (Å²) in [7, 11) is 1.94. The average Bonchev–Trinajstić information content (AvgIpc) is 2.46. The minimum Gasteiger partial charge on any atom is -0.368 e. The molecule has 20 heavy (non-hydrogen) atoms. The van der Waals surface area contributed by atoms with Crippen LogP contribution in [0.3, 0.4) is 0 Å². The van der Waals surface area contributed by atoms with Crippen molar-refractivity contribution >= 4 is 5.91 Å². The van der Waals surface area contributed by atoms with Crippen molar-refractivity contribution in [1.82, 2.24) is 4.90 Å². The van der Waals surface area contributed by atoms with Gasteiger partial charge in [-0.1, -0.05) is 60.7 Å². The molecule has 0 aliphatic carbocycles. The summed E-state index contributed by atoms with van der Waals surface area (Å²) in [6, 6.07) is 19.8. The van der Waals surface area contributed by atoms with Crippen molar-refractivity contribution < 1.29 is 4.79 Å². The summed E-state index contributed by atoms with van der Waals surface area (Å²) in [6.45, 7) is 0.710. The maximum atomic E-state index is 11.7. The van der Waals surface area contributed by atoms with Crippen molar-refractivity contribution in [3.05, 3.63) is 71.8 Å². The van der Waals surface area contributed by atoms with Crippen molar-refractivity contribution in [3.8, 4) is 0 Å². The van der Waals surface area contributed by atoms with E-state index in [0.29, 0.717) is 13.0 Å². The summed E-state index contributed by atoms with van der Waals surface area (Å²) in [5, 5.41) is 0. The van der Waals surface area contributed by atoms with Crippen molar-refractivity contribution in [3.63, 3.8) is 0 Å². The highest BCUT2D eigenvalue weighted by molar-refractivity contribution is 5.80. The molecule has 2 rings (SSSR count). The molecule has 3 heteroatoms. The van der Waals surface area contributed by atoms with Gasteiger partial charge in [-0.2, -0.15) is 0 Å². The molecular weight excluding hydrogens is 248 g/mol. The fourth-order valence-corrected chi connectivity index (χ4v) is 2.29. The lowest BCUT2D eigenvalue weighted by Crippen LogP contribution is -2.43. The highest BCUT2D eigenvalue weighted by Gasteiger charge is 2.21. The Labute approximate surface area is 120 Å². The molecule has 1 amide bonds. The Kier molecular flexibility index (Phi) is 4.91. The Hall–Kier alpha value is -2.13. The third-order valence-electron chi connectivity index (χ3n) is 3.41. The zero-order valence-electron chi connectivity index (χ0n) is 11.7. The van der Waals surface area contributed by atoms with Gasteiger partial charge >= 0.3 is 0 Å². The molecule has 2 aromatic carbocycles. The van der Waals surface area contributed by atoms with Crippen LogP contribution in [-0.2, 0) is 17.8 Å². The number of carbonyl (C=O) groups excluding carboxylic acids is 1. The summed E-state index contributed by atoms with van der Waals surface area (Å²) in [5.41, 5.74) is 7.86. The summed E-state index contributed by atoms with van der Waals surface area (Å²) in [6.07, 6.45) is 0.638. The normalized spacial score (nSPS) is 12.3. The van der Waals surface area contributed by atoms with Crippen LogP contribution in [0.25, 0.3) is 0 Å². The van der Waals surface area contributed by atoms with Crippen molar-refractivity contribution in [1.29, 1.82) is 0 Å². The Bertz CT molecular complexity index is 539. The Balaban J connectivity index is 2.06. The van der Waals surface area contributed by atoms with Crippen molar-refractivity contribution in [2.24, 2.45) is 5.73 Å². The summed E-state index contributed by atoms with van der Waals surface area (Å²) >= 11 is 0. The Morgan fingerprint density at radius 2 is 1.50 bits per heavy atom. The van der Waals surface area contributed by atoms with E-state index in [1.807, 2.05) is 60.5 Å². The van der Waals surface area contributed by atoms with Crippen molar-refractivity contribution in [2.45, 2.75) is 19.0 Å². The van der Waals surface area contributed by atoms with Gasteiger partial charge in [-0.05, 0) is 24.6 Å². The number of nitrogens with zero attached hydrogens (tertiary/aromatic N) is 1. The van der Waals surface area contributed by atoms with Gasteiger partial charge in [0, 0.05) is 6.54 Å². The number of carbonyl (C=O) groups is 1. The van der Waals surface area contributed by atoms with E-state index in [9.17, 15) is 4.79 Å². The van der Waals surface area contributed by atoms with Crippen LogP contribution in [0.4, 0.5) is 0 Å². The van der Waals surface area contributed by atoms with Crippen molar-refractivity contribution in [2.75, 3.05) is 7.05 Å². The minimum absolute atomic E-state index is 0.285. The quantitative estimate of drug-likeness (QED) is 0.873. The molecular formula is C17H20N2O. The van der Waals surface area contributed by atoms with Crippen LogP contribution in [0, 0.1) is 0 Å². The van der Waals surface area contributed by atoms with Gasteiger partial charge in [-0.3, -0.25) is 9.69 Å². The number of hydrogen-bond donors (Lipinski definition) is 1. The molecule has 0 radical (unpaired) electrons. The Morgan fingerprint density at radius 3 is 2.00 bits per heavy atom. The van der Waals surface area contributed by atoms with E-state index in [4.69, 9.17) is 5.73 Å². The monoisotopic (exact) mass is 268 g/mol. The second kappa shape index (κ2) is 6.87. The number of nitrogens with two attached hydrogens (primary N) is 1. The number of benzene rings is 2. The lowest BCUT2D eigenvalue weighted by atomic mass is 10.0. The topological polar surface area (TPSA) is 46.3 Å². The van der Waals surface area contributed by atoms with Gasteiger partial charge in [0.05, 0.1) is 6.04 Å². The van der Waals surface area contributed by atoms with Gasteiger partial charge in [-0.15, -0.1) is 0 Å². The molecule has 0 fully saturated rings. The fraction of sp³-hybridized carbons (Fsp3) is 0.235. The zero-order chi connectivity index (χ0) is 14.4. The lowest BCUT2D eigenvalue weighted by Gasteiger charge is -2.25.